The van der Waals surface area contributed by atoms with E-state index in [1.54, 1.807) is 0 Å². The van der Waals surface area contributed by atoms with E-state index >= 15 is 0 Å². The van der Waals surface area contributed by atoms with Crippen molar-refractivity contribution in [3.8, 4) is 0 Å². The van der Waals surface area contributed by atoms with Crippen LogP contribution >= 0.6 is 11.3 Å². The molecule has 15 heavy (non-hydrogen) atoms. The van der Waals surface area contributed by atoms with Crippen LogP contribution in [0.1, 0.15) is 39.7 Å². The van der Waals surface area contributed by atoms with Crippen molar-refractivity contribution < 1.29 is 0 Å². The molecule has 2 aliphatic rings. The minimum Gasteiger partial charge on any atom is -0.144 e. The van der Waals surface area contributed by atoms with Gasteiger partial charge in [-0.05, 0) is 41.3 Å². The predicted molar refractivity (Wildman–Crippen MR) is 71.5 cm³/mol. The van der Waals surface area contributed by atoms with Gasteiger partial charge in [-0.15, -0.1) is 11.3 Å². The number of rotatable bonds is 0. The smallest absolute Gasteiger partial charge is 0.0305 e. The maximum absolute atomic E-state index is 2.46. The molecule has 0 N–H and O–H groups in total. The van der Waals surface area contributed by atoms with Crippen LogP contribution in [0.3, 0.4) is 0 Å². The van der Waals surface area contributed by atoms with Crippen molar-refractivity contribution >= 4 is 23.5 Å². The molecule has 0 aliphatic heterocycles. The van der Waals surface area contributed by atoms with Crippen LogP contribution in [0.25, 0.3) is 12.2 Å². The molecule has 3 rings (SSSR count). The summed E-state index contributed by atoms with van der Waals surface area (Å²) in [7, 11) is 0. The minimum atomic E-state index is 0.899. The normalized spacial score (nSPS) is 23.8. The molecule has 1 fully saturated rings. The fourth-order valence-electron chi connectivity index (χ4n) is 1.84. The summed E-state index contributed by atoms with van der Waals surface area (Å²) in [6.07, 6.45) is 6.32. The van der Waals surface area contributed by atoms with E-state index in [4.69, 9.17) is 0 Å². The highest BCUT2D eigenvalue weighted by Gasteiger charge is 2.34. The fourth-order valence-corrected chi connectivity index (χ4v) is 2.88. The van der Waals surface area contributed by atoms with Crippen LogP contribution in [0.2, 0.25) is 0 Å². The second-order valence-electron chi connectivity index (χ2n) is 3.59. The third-order valence-electron chi connectivity index (χ3n) is 2.69. The second-order valence-corrected chi connectivity index (χ2v) is 4.50. The van der Waals surface area contributed by atoms with Crippen molar-refractivity contribution in [3.05, 3.63) is 20.7 Å². The fraction of sp³-hybridized carbons (Fsp3) is 0.571. The first kappa shape index (κ1) is 12.5. The molecule has 2 aliphatic carbocycles. The summed E-state index contributed by atoms with van der Waals surface area (Å²) in [6.45, 7) is 10.2. The predicted octanol–water partition coefficient (Wildman–Crippen LogP) is 3.32. The number of thiophene rings is 1. The number of fused-ring (bicyclic) bond motifs is 2. The lowest BCUT2D eigenvalue weighted by atomic mass is 10.1. The second kappa shape index (κ2) is 5.50. The molecule has 0 nitrogen and oxygen atoms in total. The molecule has 84 valence electrons. The standard InChI is InChI=1S/C10H10S.2C2H6/c1-6-5-11-10-4-8-2-7(8)3-9(6)10;2*1-2/h3-5,7-8H,2H2,1H3;2*1-2H3. The van der Waals surface area contributed by atoms with E-state index < -0.39 is 0 Å². The Kier molecular flexibility index (Phi) is 4.59. The van der Waals surface area contributed by atoms with Crippen LogP contribution in [0.15, 0.2) is 5.38 Å². The lowest BCUT2D eigenvalue weighted by Gasteiger charge is -1.92. The Labute approximate surface area is 97.3 Å². The molecule has 0 aromatic carbocycles. The van der Waals surface area contributed by atoms with Gasteiger partial charge in [0.1, 0.15) is 0 Å². The van der Waals surface area contributed by atoms with Crippen LogP contribution in [0.5, 0.6) is 0 Å². The highest BCUT2D eigenvalue weighted by atomic mass is 32.1. The zero-order valence-corrected chi connectivity index (χ0v) is 11.3. The van der Waals surface area contributed by atoms with Crippen molar-refractivity contribution in [2.75, 3.05) is 0 Å². The van der Waals surface area contributed by atoms with Gasteiger partial charge in [0.2, 0.25) is 0 Å². The maximum Gasteiger partial charge on any atom is 0.0305 e. The van der Waals surface area contributed by atoms with E-state index in [2.05, 4.69) is 24.5 Å². The molecular weight excluding hydrogens is 200 g/mol. The maximum atomic E-state index is 2.46. The van der Waals surface area contributed by atoms with Gasteiger partial charge >= 0.3 is 0 Å². The van der Waals surface area contributed by atoms with Crippen LogP contribution in [0.4, 0.5) is 0 Å². The summed E-state index contributed by atoms with van der Waals surface area (Å²) in [4.78, 5) is 0. The van der Waals surface area contributed by atoms with Crippen LogP contribution in [0, 0.1) is 18.8 Å². The Morgan fingerprint density at radius 3 is 2.33 bits per heavy atom. The van der Waals surface area contributed by atoms with Gasteiger partial charge in [0.25, 0.3) is 0 Å². The van der Waals surface area contributed by atoms with Crippen molar-refractivity contribution in [1.29, 1.82) is 0 Å². The topological polar surface area (TPSA) is 0 Å². The summed E-state index contributed by atoms with van der Waals surface area (Å²) >= 11 is 1.90. The molecule has 2 unspecified atom stereocenters. The lowest BCUT2D eigenvalue weighted by Crippen LogP contribution is -2.23. The van der Waals surface area contributed by atoms with Crippen molar-refractivity contribution in [1.82, 2.24) is 0 Å². The van der Waals surface area contributed by atoms with Gasteiger partial charge in [-0.3, -0.25) is 0 Å². The molecule has 0 amide bonds. The minimum absolute atomic E-state index is 0.899. The molecule has 0 spiro atoms. The summed E-state index contributed by atoms with van der Waals surface area (Å²) < 4.78 is 1.52. The van der Waals surface area contributed by atoms with Crippen molar-refractivity contribution in [2.45, 2.75) is 41.0 Å². The van der Waals surface area contributed by atoms with E-state index in [9.17, 15) is 0 Å². The summed E-state index contributed by atoms with van der Waals surface area (Å²) in [5.41, 5.74) is 1.46. The molecule has 1 heteroatoms. The molecule has 0 bridgehead atoms. The number of hydrogen-bond acceptors (Lipinski definition) is 1. The van der Waals surface area contributed by atoms with Crippen LogP contribution in [-0.4, -0.2) is 0 Å². The van der Waals surface area contributed by atoms with Crippen molar-refractivity contribution in [3.63, 3.8) is 0 Å². The Bertz CT molecular complexity index is 411. The molecule has 1 heterocycles. The van der Waals surface area contributed by atoms with Crippen LogP contribution < -0.4 is 9.75 Å². The summed E-state index contributed by atoms with van der Waals surface area (Å²) in [6, 6.07) is 0. The van der Waals surface area contributed by atoms with Crippen molar-refractivity contribution in [2.24, 2.45) is 11.8 Å². The van der Waals surface area contributed by atoms with Gasteiger partial charge in [-0.1, -0.05) is 39.8 Å². The van der Waals surface area contributed by atoms with E-state index in [1.807, 2.05) is 39.0 Å². The zero-order valence-electron chi connectivity index (χ0n) is 10.5. The molecule has 0 saturated heterocycles. The molecule has 1 saturated carbocycles. The van der Waals surface area contributed by atoms with E-state index in [0.29, 0.717) is 0 Å². The molecule has 1 aromatic rings. The highest BCUT2D eigenvalue weighted by molar-refractivity contribution is 7.07. The first-order valence-corrected chi connectivity index (χ1v) is 7.00. The quantitative estimate of drug-likeness (QED) is 0.632. The average Bonchev–Trinajstić information content (AvgIpc) is 2.99. The van der Waals surface area contributed by atoms with Gasteiger partial charge in [-0.25, -0.2) is 0 Å². The van der Waals surface area contributed by atoms with E-state index in [1.165, 1.54) is 21.7 Å². The molecule has 1 aromatic heterocycles. The SMILES string of the molecule is CC.CC.Cc1csc2c1=CC1CC1C=2. The zero-order chi connectivity index (χ0) is 11.4. The molecule has 2 atom stereocenters. The Balaban J connectivity index is 0.000000255. The Morgan fingerprint density at radius 2 is 1.67 bits per heavy atom. The Hall–Kier alpha value is -0.560. The van der Waals surface area contributed by atoms with E-state index in [0.717, 1.165) is 11.8 Å². The average molecular weight is 222 g/mol. The van der Waals surface area contributed by atoms with Gasteiger partial charge in [0.05, 0.1) is 0 Å². The monoisotopic (exact) mass is 222 g/mol. The summed E-state index contributed by atoms with van der Waals surface area (Å²) in [5.74, 6) is 1.80. The Morgan fingerprint density at radius 1 is 1.07 bits per heavy atom. The van der Waals surface area contributed by atoms with Gasteiger partial charge in [0.15, 0.2) is 0 Å². The summed E-state index contributed by atoms with van der Waals surface area (Å²) in [5, 5.41) is 3.79. The largest absolute Gasteiger partial charge is 0.144 e. The first-order valence-electron chi connectivity index (χ1n) is 6.12. The first-order chi connectivity index (χ1) is 7.34. The van der Waals surface area contributed by atoms with Gasteiger partial charge in [0, 0.05) is 4.53 Å². The lowest BCUT2D eigenvalue weighted by molar-refractivity contribution is 1.07. The third kappa shape index (κ3) is 2.52. The highest BCUT2D eigenvalue weighted by Crippen LogP contribution is 2.42. The molecule has 0 radical (unpaired) electrons. The van der Waals surface area contributed by atoms with Crippen LogP contribution in [-0.2, 0) is 0 Å². The van der Waals surface area contributed by atoms with Gasteiger partial charge in [-0.2, -0.15) is 0 Å². The number of aryl methyl sites for hydroxylation is 1. The molecular formula is C14H22S. The number of hydrogen-bond donors (Lipinski definition) is 0. The van der Waals surface area contributed by atoms with E-state index in [-0.39, 0.29) is 0 Å². The third-order valence-corrected chi connectivity index (χ3v) is 3.77. The van der Waals surface area contributed by atoms with Gasteiger partial charge < -0.3 is 0 Å².